The maximum absolute atomic E-state index is 12.8. The fraction of sp³-hybridized carbons (Fsp3) is 0.500. The van der Waals surface area contributed by atoms with Gasteiger partial charge in [-0.25, -0.2) is 13.2 Å². The summed E-state index contributed by atoms with van der Waals surface area (Å²) in [6.45, 7) is 2.31. The number of hydrogen-bond donors (Lipinski definition) is 1. The number of carboxylic acid groups (broad SMARTS) is 1. The number of para-hydroxylation sites is 1. The van der Waals surface area contributed by atoms with Gasteiger partial charge < -0.3 is 10.0 Å². The van der Waals surface area contributed by atoms with Crippen LogP contribution in [0.1, 0.15) is 26.2 Å². The molecule has 1 aromatic carbocycles. The van der Waals surface area contributed by atoms with Crippen molar-refractivity contribution in [1.82, 2.24) is 4.90 Å². The number of amides is 1. The third-order valence-electron chi connectivity index (χ3n) is 5.10. The highest BCUT2D eigenvalue weighted by Gasteiger charge is 2.39. The highest BCUT2D eigenvalue weighted by atomic mass is 32.2. The van der Waals surface area contributed by atoms with Crippen LogP contribution in [-0.4, -0.2) is 66.1 Å². The molecule has 1 N–H and O–H groups in total. The van der Waals surface area contributed by atoms with Crippen molar-refractivity contribution >= 4 is 33.1 Å². The summed E-state index contributed by atoms with van der Waals surface area (Å²) in [6.07, 6.45) is 0.830. The van der Waals surface area contributed by atoms with Crippen LogP contribution < -0.4 is 5.01 Å². The average Bonchev–Trinajstić information content (AvgIpc) is 3.14. The summed E-state index contributed by atoms with van der Waals surface area (Å²) in [5, 5.41) is 14.7. The number of likely N-dealkylation sites (tertiary alicyclic amines) is 1. The molecule has 1 amide bonds. The van der Waals surface area contributed by atoms with Crippen molar-refractivity contribution in [3.63, 3.8) is 0 Å². The molecule has 0 spiro atoms. The molecule has 0 aliphatic carbocycles. The van der Waals surface area contributed by atoms with Gasteiger partial charge in [0, 0.05) is 25.3 Å². The molecule has 1 unspecified atom stereocenters. The van der Waals surface area contributed by atoms with Gasteiger partial charge >= 0.3 is 5.97 Å². The first-order valence-corrected chi connectivity index (χ1v) is 10.7. The van der Waals surface area contributed by atoms with Crippen LogP contribution in [0.2, 0.25) is 0 Å². The van der Waals surface area contributed by atoms with E-state index in [-0.39, 0.29) is 23.8 Å². The van der Waals surface area contributed by atoms with E-state index in [1.807, 2.05) is 6.07 Å². The summed E-state index contributed by atoms with van der Waals surface area (Å²) in [5.74, 6) is -1.25. The zero-order chi connectivity index (χ0) is 19.6. The molecule has 1 fully saturated rings. The smallest absolute Gasteiger partial charge is 0.328 e. The number of aliphatic carboxylic acids is 1. The van der Waals surface area contributed by atoms with Crippen LogP contribution in [0, 0.1) is 0 Å². The summed E-state index contributed by atoms with van der Waals surface area (Å²) in [4.78, 5) is 26.0. The molecule has 8 nitrogen and oxygen atoms in total. The van der Waals surface area contributed by atoms with E-state index in [9.17, 15) is 23.1 Å². The van der Waals surface area contributed by atoms with Gasteiger partial charge in [-0.1, -0.05) is 25.1 Å². The Labute approximate surface area is 158 Å². The van der Waals surface area contributed by atoms with E-state index in [4.69, 9.17) is 0 Å². The Hall–Kier alpha value is -2.42. The molecule has 0 aromatic heterocycles. The average molecular weight is 393 g/mol. The van der Waals surface area contributed by atoms with Gasteiger partial charge in [0.05, 0.1) is 10.9 Å². The molecular formula is C18H23N3O5S. The second-order valence-electron chi connectivity index (χ2n) is 6.73. The van der Waals surface area contributed by atoms with Crippen LogP contribution >= 0.6 is 0 Å². The summed E-state index contributed by atoms with van der Waals surface area (Å²) >= 11 is 0. The number of piperidine rings is 1. The number of rotatable bonds is 5. The van der Waals surface area contributed by atoms with Crippen LogP contribution in [-0.2, 0) is 19.4 Å². The molecule has 0 bridgehead atoms. The van der Waals surface area contributed by atoms with Crippen molar-refractivity contribution in [2.45, 2.75) is 37.5 Å². The van der Waals surface area contributed by atoms with E-state index in [0.717, 1.165) is 0 Å². The molecule has 9 heteroatoms. The lowest BCUT2D eigenvalue weighted by Gasteiger charge is -2.31. The van der Waals surface area contributed by atoms with Gasteiger partial charge in [0.2, 0.25) is 0 Å². The Morgan fingerprint density at radius 2 is 1.81 bits per heavy atom. The minimum Gasteiger partial charge on any atom is -0.480 e. The first-order chi connectivity index (χ1) is 12.8. The molecule has 1 aromatic rings. The first kappa shape index (κ1) is 19.3. The molecular weight excluding hydrogens is 370 g/mol. The predicted octanol–water partition coefficient (Wildman–Crippen LogP) is 1.13. The van der Waals surface area contributed by atoms with E-state index < -0.39 is 27.1 Å². The monoisotopic (exact) mass is 393 g/mol. The van der Waals surface area contributed by atoms with E-state index in [2.05, 4.69) is 5.10 Å². The van der Waals surface area contributed by atoms with Crippen LogP contribution in [0.4, 0.5) is 5.69 Å². The molecule has 146 valence electrons. The standard InChI is InChI=1S/C18H23N3O5S/c1-2-27(25,26)14-8-10-20(11-9-14)17(22)15-12-16(18(23)24)21(19-15)13-6-4-3-5-7-13/h3-7,14,16H,2,8-12H2,1H3,(H,23,24). The zero-order valence-corrected chi connectivity index (χ0v) is 15.9. The molecule has 1 saturated heterocycles. The Bertz CT molecular complexity index is 845. The van der Waals surface area contributed by atoms with Crippen LogP contribution in [0.5, 0.6) is 0 Å². The highest BCUT2D eigenvalue weighted by molar-refractivity contribution is 7.92. The predicted molar refractivity (Wildman–Crippen MR) is 101 cm³/mol. The Balaban J connectivity index is 1.73. The number of carbonyl (C=O) groups excluding carboxylic acids is 1. The summed E-state index contributed by atoms with van der Waals surface area (Å²) in [6, 6.07) is 7.94. The van der Waals surface area contributed by atoms with E-state index in [0.29, 0.717) is 31.6 Å². The number of hydrogen-bond acceptors (Lipinski definition) is 6. The number of carbonyl (C=O) groups is 2. The third-order valence-corrected chi connectivity index (χ3v) is 7.39. The molecule has 2 aliphatic rings. The fourth-order valence-corrected chi connectivity index (χ4v) is 4.89. The van der Waals surface area contributed by atoms with Crippen LogP contribution in [0.25, 0.3) is 0 Å². The van der Waals surface area contributed by atoms with Crippen LogP contribution in [0.3, 0.4) is 0 Å². The first-order valence-electron chi connectivity index (χ1n) is 8.99. The van der Waals surface area contributed by atoms with Gasteiger partial charge in [0.25, 0.3) is 5.91 Å². The van der Waals surface area contributed by atoms with Gasteiger partial charge in [0.1, 0.15) is 5.71 Å². The zero-order valence-electron chi connectivity index (χ0n) is 15.1. The van der Waals surface area contributed by atoms with E-state index in [1.54, 1.807) is 36.1 Å². The van der Waals surface area contributed by atoms with Crippen molar-refractivity contribution in [1.29, 1.82) is 0 Å². The molecule has 1 atom stereocenters. The Morgan fingerprint density at radius 3 is 2.37 bits per heavy atom. The van der Waals surface area contributed by atoms with Gasteiger partial charge in [-0.2, -0.15) is 5.10 Å². The number of anilines is 1. The van der Waals surface area contributed by atoms with Gasteiger partial charge in [-0.05, 0) is 25.0 Å². The quantitative estimate of drug-likeness (QED) is 0.804. The number of carboxylic acids is 1. The van der Waals surface area contributed by atoms with Crippen molar-refractivity contribution < 1.29 is 23.1 Å². The Kier molecular flexibility index (Phi) is 5.50. The van der Waals surface area contributed by atoms with Gasteiger partial charge in [-0.15, -0.1) is 0 Å². The minimum atomic E-state index is -3.11. The SMILES string of the molecule is CCS(=O)(=O)C1CCN(C(=O)C2=NN(c3ccccc3)C(C(=O)O)C2)CC1. The van der Waals surface area contributed by atoms with E-state index >= 15 is 0 Å². The highest BCUT2D eigenvalue weighted by Crippen LogP contribution is 2.26. The number of benzene rings is 1. The van der Waals surface area contributed by atoms with Crippen molar-refractivity contribution in [2.75, 3.05) is 23.9 Å². The van der Waals surface area contributed by atoms with E-state index in [1.165, 1.54) is 5.01 Å². The normalized spacial score (nSPS) is 21.2. The lowest BCUT2D eigenvalue weighted by molar-refractivity contribution is -0.138. The van der Waals surface area contributed by atoms with Crippen molar-refractivity contribution in [3.8, 4) is 0 Å². The molecule has 2 aliphatic heterocycles. The van der Waals surface area contributed by atoms with Gasteiger partial charge in [-0.3, -0.25) is 9.80 Å². The summed E-state index contributed by atoms with van der Waals surface area (Å²) < 4.78 is 24.0. The third kappa shape index (κ3) is 3.97. The number of sulfone groups is 1. The lowest BCUT2D eigenvalue weighted by Crippen LogP contribution is -2.45. The maximum Gasteiger partial charge on any atom is 0.328 e. The Morgan fingerprint density at radius 1 is 1.19 bits per heavy atom. The topological polar surface area (TPSA) is 107 Å². The summed E-state index contributed by atoms with van der Waals surface area (Å²) in [7, 11) is -3.11. The van der Waals surface area contributed by atoms with Crippen molar-refractivity contribution in [2.24, 2.45) is 5.10 Å². The second-order valence-corrected chi connectivity index (χ2v) is 9.30. The second kappa shape index (κ2) is 7.67. The van der Waals surface area contributed by atoms with Gasteiger partial charge in [0.15, 0.2) is 15.9 Å². The summed E-state index contributed by atoms with van der Waals surface area (Å²) in [5.41, 5.74) is 0.809. The molecule has 0 saturated carbocycles. The number of nitrogens with zero attached hydrogens (tertiary/aromatic N) is 3. The lowest BCUT2D eigenvalue weighted by atomic mass is 10.1. The molecule has 2 heterocycles. The fourth-order valence-electron chi connectivity index (χ4n) is 3.49. The molecule has 3 rings (SSSR count). The van der Waals surface area contributed by atoms with Crippen LogP contribution in [0.15, 0.2) is 35.4 Å². The maximum atomic E-state index is 12.8. The largest absolute Gasteiger partial charge is 0.480 e. The number of hydrazone groups is 1. The molecule has 0 radical (unpaired) electrons. The van der Waals surface area contributed by atoms with Crippen molar-refractivity contribution in [3.05, 3.63) is 30.3 Å². The minimum absolute atomic E-state index is 0.0241. The molecule has 27 heavy (non-hydrogen) atoms.